The molecule has 0 aromatic carbocycles. The normalized spacial score (nSPS) is 14.4. The van der Waals surface area contributed by atoms with E-state index in [2.05, 4.69) is 33.4 Å². The lowest BCUT2D eigenvalue weighted by atomic mass is 9.85. The highest BCUT2D eigenvalue weighted by Crippen LogP contribution is 2.24. The van der Waals surface area contributed by atoms with Crippen LogP contribution in [-0.2, 0) is 0 Å². The van der Waals surface area contributed by atoms with Crippen molar-refractivity contribution in [2.24, 2.45) is 11.7 Å². The molecule has 0 saturated heterocycles. The minimum atomic E-state index is 0.389. The predicted octanol–water partition coefficient (Wildman–Crippen LogP) is 8.34. The third kappa shape index (κ3) is 14.6. The molecule has 0 radical (unpaired) electrons. The minimum Gasteiger partial charge on any atom is -0.327 e. The summed E-state index contributed by atoms with van der Waals surface area (Å²) in [5.41, 5.74) is 8.02. The molecule has 0 amide bonds. The van der Waals surface area contributed by atoms with Gasteiger partial charge in [-0.3, -0.25) is 0 Å². The number of hydrogen-bond donors (Lipinski definition) is 1. The molecule has 2 N–H and O–H groups in total. The third-order valence-corrected chi connectivity index (χ3v) is 5.86. The summed E-state index contributed by atoms with van der Waals surface area (Å²) in [7, 11) is 0. The zero-order valence-corrected chi connectivity index (χ0v) is 18.4. The summed E-state index contributed by atoms with van der Waals surface area (Å²) in [6, 6.07) is 0.389. The average Bonchev–Trinajstić information content (AvgIpc) is 2.66. The van der Waals surface area contributed by atoms with Crippen molar-refractivity contribution < 1.29 is 0 Å². The van der Waals surface area contributed by atoms with E-state index in [1.165, 1.54) is 102 Å². The molecule has 0 bridgehead atoms. The molecule has 1 heteroatoms. The van der Waals surface area contributed by atoms with Crippen molar-refractivity contribution in [3.8, 4) is 0 Å². The Labute approximate surface area is 165 Å². The van der Waals surface area contributed by atoms with Crippen LogP contribution in [0.3, 0.4) is 0 Å². The summed E-state index contributed by atoms with van der Waals surface area (Å²) in [5.74, 6) is 0.687. The van der Waals surface area contributed by atoms with Crippen molar-refractivity contribution in [2.75, 3.05) is 0 Å². The molecule has 0 spiro atoms. The van der Waals surface area contributed by atoms with Crippen LogP contribution < -0.4 is 5.73 Å². The van der Waals surface area contributed by atoms with E-state index < -0.39 is 0 Å². The fraction of sp³-hybridized carbons (Fsp3) is 0.840. The number of unbranched alkanes of at least 4 members (excludes halogenated alkanes) is 10. The van der Waals surface area contributed by atoms with Crippen molar-refractivity contribution in [2.45, 2.75) is 130 Å². The summed E-state index contributed by atoms with van der Waals surface area (Å²) in [6.45, 7) is 10.6. The van der Waals surface area contributed by atoms with Crippen LogP contribution in [0.2, 0.25) is 0 Å². The molecule has 0 aromatic heterocycles. The Balaban J connectivity index is 4.17. The van der Waals surface area contributed by atoms with Crippen molar-refractivity contribution in [1.29, 1.82) is 0 Å². The van der Waals surface area contributed by atoms with E-state index in [-0.39, 0.29) is 0 Å². The van der Waals surface area contributed by atoms with E-state index in [0.29, 0.717) is 12.0 Å². The van der Waals surface area contributed by atoms with Crippen LogP contribution in [0.4, 0.5) is 0 Å². The van der Waals surface area contributed by atoms with E-state index in [1.54, 1.807) is 0 Å². The van der Waals surface area contributed by atoms with Gasteiger partial charge in [-0.1, -0.05) is 115 Å². The quantitative estimate of drug-likeness (QED) is 0.181. The van der Waals surface area contributed by atoms with Gasteiger partial charge in [0, 0.05) is 6.04 Å². The van der Waals surface area contributed by atoms with E-state index in [0.717, 1.165) is 6.42 Å². The number of rotatable bonds is 19. The van der Waals surface area contributed by atoms with Gasteiger partial charge in [-0.15, -0.1) is 0 Å². The maximum atomic E-state index is 6.65. The Hall–Kier alpha value is -0.560. The van der Waals surface area contributed by atoms with Gasteiger partial charge in [-0.05, 0) is 38.5 Å². The van der Waals surface area contributed by atoms with E-state index in [1.807, 2.05) is 6.08 Å². The molecule has 26 heavy (non-hydrogen) atoms. The van der Waals surface area contributed by atoms with Gasteiger partial charge in [0.05, 0.1) is 0 Å². The van der Waals surface area contributed by atoms with Crippen molar-refractivity contribution in [3.63, 3.8) is 0 Å². The lowest BCUT2D eigenvalue weighted by Crippen LogP contribution is -2.30. The molecule has 0 aromatic rings. The zero-order chi connectivity index (χ0) is 19.5. The van der Waals surface area contributed by atoms with Crippen LogP contribution in [0.1, 0.15) is 124 Å². The van der Waals surface area contributed by atoms with Gasteiger partial charge in [-0.2, -0.15) is 0 Å². The van der Waals surface area contributed by atoms with Gasteiger partial charge in [0.2, 0.25) is 0 Å². The molecule has 0 aliphatic rings. The highest BCUT2D eigenvalue weighted by Gasteiger charge is 2.17. The zero-order valence-electron chi connectivity index (χ0n) is 18.4. The molecule has 0 heterocycles. The Morgan fingerprint density at radius 3 is 1.77 bits per heavy atom. The molecule has 2 atom stereocenters. The van der Waals surface area contributed by atoms with Crippen LogP contribution in [0.5, 0.6) is 0 Å². The lowest BCUT2D eigenvalue weighted by Gasteiger charge is -2.24. The lowest BCUT2D eigenvalue weighted by molar-refractivity contribution is 0.333. The smallest absolute Gasteiger partial charge is 0.00672 e. The first kappa shape index (κ1) is 25.4. The third-order valence-electron chi connectivity index (χ3n) is 5.86. The van der Waals surface area contributed by atoms with E-state index >= 15 is 0 Å². The second-order valence-electron chi connectivity index (χ2n) is 8.14. The van der Waals surface area contributed by atoms with Crippen LogP contribution in [0.15, 0.2) is 24.3 Å². The van der Waals surface area contributed by atoms with E-state index in [4.69, 9.17) is 5.73 Å². The average molecular weight is 364 g/mol. The minimum absolute atomic E-state index is 0.389. The van der Waals surface area contributed by atoms with Gasteiger partial charge in [0.15, 0.2) is 0 Å². The molecule has 0 aliphatic carbocycles. The summed E-state index contributed by atoms with van der Waals surface area (Å²) < 4.78 is 0. The highest BCUT2D eigenvalue weighted by atomic mass is 14.6. The van der Waals surface area contributed by atoms with Crippen LogP contribution in [0, 0.1) is 5.92 Å². The predicted molar refractivity (Wildman–Crippen MR) is 121 cm³/mol. The number of hydrogen-bond acceptors (Lipinski definition) is 1. The Morgan fingerprint density at radius 1 is 0.769 bits per heavy atom. The summed E-state index contributed by atoms with van der Waals surface area (Å²) >= 11 is 0. The largest absolute Gasteiger partial charge is 0.327 e. The fourth-order valence-corrected chi connectivity index (χ4v) is 3.87. The standard InChI is InChI=1S/C25H49N/c1-5-9-11-13-14-16-18-20-25(26)24(19-17-15-12-10-6-2)22-21-23(7-3)8-4/h7-8,24-25H,3,5-6,9-22,26H2,1-2,4H3. The van der Waals surface area contributed by atoms with Gasteiger partial charge in [-0.25, -0.2) is 0 Å². The first-order valence-electron chi connectivity index (χ1n) is 11.7. The Bertz CT molecular complexity index is 331. The number of nitrogens with two attached hydrogens (primary N) is 1. The molecular formula is C25H49N. The maximum absolute atomic E-state index is 6.65. The summed E-state index contributed by atoms with van der Waals surface area (Å²) in [4.78, 5) is 0. The second kappa shape index (κ2) is 19.2. The van der Waals surface area contributed by atoms with Gasteiger partial charge >= 0.3 is 0 Å². The Kier molecular flexibility index (Phi) is 18.8. The fourth-order valence-electron chi connectivity index (χ4n) is 3.87. The monoisotopic (exact) mass is 363 g/mol. The van der Waals surface area contributed by atoms with Crippen LogP contribution >= 0.6 is 0 Å². The van der Waals surface area contributed by atoms with Crippen molar-refractivity contribution in [1.82, 2.24) is 0 Å². The van der Waals surface area contributed by atoms with Gasteiger partial charge < -0.3 is 5.73 Å². The summed E-state index contributed by atoms with van der Waals surface area (Å²) in [5, 5.41) is 0. The summed E-state index contributed by atoms with van der Waals surface area (Å²) in [6.07, 6.45) is 25.6. The van der Waals surface area contributed by atoms with Gasteiger partial charge in [0.1, 0.15) is 0 Å². The molecule has 154 valence electrons. The van der Waals surface area contributed by atoms with Crippen LogP contribution in [0.25, 0.3) is 0 Å². The molecular weight excluding hydrogens is 314 g/mol. The molecule has 0 saturated carbocycles. The molecule has 0 rings (SSSR count). The first-order valence-corrected chi connectivity index (χ1v) is 11.7. The molecule has 0 fully saturated rings. The highest BCUT2D eigenvalue weighted by molar-refractivity contribution is 5.14. The van der Waals surface area contributed by atoms with Crippen LogP contribution in [-0.4, -0.2) is 6.04 Å². The second-order valence-corrected chi connectivity index (χ2v) is 8.14. The Morgan fingerprint density at radius 2 is 1.27 bits per heavy atom. The van der Waals surface area contributed by atoms with Crippen molar-refractivity contribution >= 4 is 0 Å². The maximum Gasteiger partial charge on any atom is 0.00672 e. The SMILES string of the molecule is C=CC(=CC)CCC(CCCCCCC)C(N)CCCCCCCCC. The molecule has 0 aliphatic heterocycles. The van der Waals surface area contributed by atoms with E-state index in [9.17, 15) is 0 Å². The van der Waals surface area contributed by atoms with Gasteiger partial charge in [0.25, 0.3) is 0 Å². The number of allylic oxidation sites excluding steroid dienone is 3. The first-order chi connectivity index (χ1) is 12.7. The molecule has 1 nitrogen and oxygen atoms in total. The molecule has 2 unspecified atom stereocenters. The van der Waals surface area contributed by atoms with Crippen molar-refractivity contribution in [3.05, 3.63) is 24.3 Å². The topological polar surface area (TPSA) is 26.0 Å².